The maximum atomic E-state index is 13.4. The van der Waals surface area contributed by atoms with E-state index in [0.29, 0.717) is 5.69 Å². The van der Waals surface area contributed by atoms with Crippen LogP contribution in [0.1, 0.15) is 12.5 Å². The van der Waals surface area contributed by atoms with Crippen molar-refractivity contribution >= 4 is 31.6 Å². The Labute approximate surface area is 206 Å². The van der Waals surface area contributed by atoms with Gasteiger partial charge in [0.15, 0.2) is 0 Å². The molecule has 0 saturated carbocycles. The van der Waals surface area contributed by atoms with Crippen LogP contribution in [0.25, 0.3) is 0 Å². The molecule has 0 aliphatic carbocycles. The number of hydrogen-bond donors (Lipinski definition) is 1. The van der Waals surface area contributed by atoms with Crippen molar-refractivity contribution in [3.05, 3.63) is 90.5 Å². The molecular formula is C25H27N3O5S2. The summed E-state index contributed by atoms with van der Waals surface area (Å²) < 4.78 is 55.6. The van der Waals surface area contributed by atoms with E-state index >= 15 is 0 Å². The number of rotatable bonds is 7. The van der Waals surface area contributed by atoms with Crippen molar-refractivity contribution in [1.29, 1.82) is 0 Å². The highest BCUT2D eigenvalue weighted by atomic mass is 32.2. The number of anilines is 1. The standard InChI is InChI=1S/C25H27N3O5S2/c1-2-20-13-15-21(16-14-20)26-25(29)24-19-27(34(30,31)22-9-5-3-6-10-22)17-18-28(24)35(32,33)23-11-7-4-8-12-23/h3-16,24H,2,17-19H2,1H3,(H,26,29)/t24-/m0/s1. The molecule has 0 bridgehead atoms. The van der Waals surface area contributed by atoms with Gasteiger partial charge in [-0.1, -0.05) is 55.5 Å². The van der Waals surface area contributed by atoms with Crippen molar-refractivity contribution in [1.82, 2.24) is 8.61 Å². The lowest BCUT2D eigenvalue weighted by Gasteiger charge is -2.38. The van der Waals surface area contributed by atoms with Gasteiger partial charge in [-0.2, -0.15) is 8.61 Å². The lowest BCUT2D eigenvalue weighted by Crippen LogP contribution is -2.60. The zero-order chi connectivity index (χ0) is 25.1. The number of benzene rings is 3. The van der Waals surface area contributed by atoms with Crippen molar-refractivity contribution in [2.24, 2.45) is 0 Å². The van der Waals surface area contributed by atoms with Crippen molar-refractivity contribution in [2.45, 2.75) is 29.2 Å². The zero-order valence-electron chi connectivity index (χ0n) is 19.2. The summed E-state index contributed by atoms with van der Waals surface area (Å²) in [6, 6.07) is 21.7. The molecule has 8 nitrogen and oxygen atoms in total. The first kappa shape index (κ1) is 25.1. The van der Waals surface area contributed by atoms with Gasteiger partial charge in [-0.05, 0) is 48.4 Å². The van der Waals surface area contributed by atoms with E-state index in [1.165, 1.54) is 28.6 Å². The summed E-state index contributed by atoms with van der Waals surface area (Å²) in [4.78, 5) is 13.5. The highest BCUT2D eigenvalue weighted by molar-refractivity contribution is 7.89. The lowest BCUT2D eigenvalue weighted by molar-refractivity contribution is -0.120. The summed E-state index contributed by atoms with van der Waals surface area (Å²) in [5.41, 5.74) is 1.60. The zero-order valence-corrected chi connectivity index (χ0v) is 20.9. The van der Waals surface area contributed by atoms with E-state index in [9.17, 15) is 21.6 Å². The van der Waals surface area contributed by atoms with E-state index in [-0.39, 0.29) is 29.4 Å². The Kier molecular flexibility index (Phi) is 7.36. The summed E-state index contributed by atoms with van der Waals surface area (Å²) in [7, 11) is -7.95. The molecular weight excluding hydrogens is 486 g/mol. The van der Waals surface area contributed by atoms with Crippen LogP contribution in [-0.4, -0.2) is 57.0 Å². The van der Waals surface area contributed by atoms with Crippen molar-refractivity contribution in [3.63, 3.8) is 0 Å². The average molecular weight is 514 g/mol. The normalized spacial score (nSPS) is 17.7. The summed E-state index contributed by atoms with van der Waals surface area (Å²) in [6.07, 6.45) is 0.840. The summed E-state index contributed by atoms with van der Waals surface area (Å²) in [5, 5.41) is 2.76. The highest BCUT2D eigenvalue weighted by Gasteiger charge is 2.43. The minimum absolute atomic E-state index is 0.0458. The van der Waals surface area contributed by atoms with Crippen LogP contribution in [0, 0.1) is 0 Å². The molecule has 4 rings (SSSR count). The van der Waals surface area contributed by atoms with E-state index in [4.69, 9.17) is 0 Å². The van der Waals surface area contributed by atoms with Gasteiger partial charge in [-0.3, -0.25) is 4.79 Å². The van der Waals surface area contributed by atoms with E-state index in [1.807, 2.05) is 19.1 Å². The molecule has 0 unspecified atom stereocenters. The molecule has 0 aromatic heterocycles. The number of amides is 1. The predicted molar refractivity (Wildman–Crippen MR) is 134 cm³/mol. The van der Waals surface area contributed by atoms with Crippen LogP contribution in [-0.2, 0) is 31.3 Å². The fourth-order valence-corrected chi connectivity index (χ4v) is 7.03. The van der Waals surface area contributed by atoms with Gasteiger partial charge >= 0.3 is 0 Å². The van der Waals surface area contributed by atoms with Gasteiger partial charge in [0.1, 0.15) is 6.04 Å². The van der Waals surface area contributed by atoms with E-state index in [0.717, 1.165) is 16.3 Å². The molecule has 10 heteroatoms. The Morgan fingerprint density at radius 1 is 0.800 bits per heavy atom. The Morgan fingerprint density at radius 3 is 1.89 bits per heavy atom. The number of carbonyl (C=O) groups is 1. The van der Waals surface area contributed by atoms with Gasteiger partial charge in [0.25, 0.3) is 0 Å². The van der Waals surface area contributed by atoms with Crippen LogP contribution in [0.4, 0.5) is 5.69 Å². The van der Waals surface area contributed by atoms with Crippen molar-refractivity contribution in [2.75, 3.05) is 25.0 Å². The second-order valence-corrected chi connectivity index (χ2v) is 12.0. The molecule has 1 N–H and O–H groups in total. The molecule has 1 fully saturated rings. The number of carbonyl (C=O) groups excluding carboxylic acids is 1. The Balaban J connectivity index is 1.67. The Morgan fingerprint density at radius 2 is 1.34 bits per heavy atom. The lowest BCUT2D eigenvalue weighted by atomic mass is 10.1. The first-order valence-corrected chi connectivity index (χ1v) is 14.1. The maximum absolute atomic E-state index is 13.4. The van der Waals surface area contributed by atoms with Crippen LogP contribution in [0.15, 0.2) is 94.7 Å². The quantitative estimate of drug-likeness (QED) is 0.523. The molecule has 1 aliphatic rings. The van der Waals surface area contributed by atoms with Gasteiger partial charge < -0.3 is 5.32 Å². The summed E-state index contributed by atoms with van der Waals surface area (Å²) in [6.45, 7) is 1.49. The Hall–Kier alpha value is -3.05. The van der Waals surface area contributed by atoms with Crippen molar-refractivity contribution in [3.8, 4) is 0 Å². The molecule has 1 heterocycles. The van der Waals surface area contributed by atoms with Gasteiger partial charge in [-0.25, -0.2) is 16.8 Å². The van der Waals surface area contributed by atoms with E-state index < -0.39 is 32.0 Å². The average Bonchev–Trinajstić information content (AvgIpc) is 2.89. The second-order valence-electron chi connectivity index (χ2n) is 8.16. The van der Waals surface area contributed by atoms with Gasteiger partial charge in [0, 0.05) is 25.3 Å². The molecule has 1 saturated heterocycles. The van der Waals surface area contributed by atoms with Crippen LogP contribution in [0.5, 0.6) is 0 Å². The number of hydrogen-bond acceptors (Lipinski definition) is 5. The minimum atomic E-state index is -4.04. The monoisotopic (exact) mass is 513 g/mol. The van der Waals surface area contributed by atoms with E-state index in [2.05, 4.69) is 5.32 Å². The van der Waals surface area contributed by atoms with Gasteiger partial charge in [-0.15, -0.1) is 0 Å². The number of nitrogens with one attached hydrogen (secondary N) is 1. The van der Waals surface area contributed by atoms with E-state index in [1.54, 1.807) is 48.5 Å². The van der Waals surface area contributed by atoms with Gasteiger partial charge in [0.05, 0.1) is 9.79 Å². The smallest absolute Gasteiger partial charge is 0.244 e. The second kappa shape index (κ2) is 10.3. The molecule has 1 atom stereocenters. The first-order valence-electron chi connectivity index (χ1n) is 11.3. The fraction of sp³-hybridized carbons (Fsp3) is 0.240. The number of piperazine rings is 1. The topological polar surface area (TPSA) is 104 Å². The van der Waals surface area contributed by atoms with Crippen LogP contribution < -0.4 is 5.32 Å². The third-order valence-electron chi connectivity index (χ3n) is 5.96. The third kappa shape index (κ3) is 5.30. The number of nitrogens with zero attached hydrogens (tertiary/aromatic N) is 2. The minimum Gasteiger partial charge on any atom is -0.325 e. The third-order valence-corrected chi connectivity index (χ3v) is 9.76. The number of sulfonamides is 2. The number of aryl methyl sites for hydroxylation is 1. The molecule has 1 aliphatic heterocycles. The molecule has 3 aromatic carbocycles. The molecule has 0 radical (unpaired) electrons. The molecule has 0 spiro atoms. The Bertz CT molecular complexity index is 1380. The maximum Gasteiger partial charge on any atom is 0.244 e. The van der Waals surface area contributed by atoms with Crippen molar-refractivity contribution < 1.29 is 21.6 Å². The molecule has 1 amide bonds. The fourth-order valence-electron chi connectivity index (χ4n) is 3.98. The summed E-state index contributed by atoms with van der Waals surface area (Å²) in [5.74, 6) is -0.596. The highest BCUT2D eigenvalue weighted by Crippen LogP contribution is 2.26. The predicted octanol–water partition coefficient (Wildman–Crippen LogP) is 2.95. The molecule has 3 aromatic rings. The van der Waals surface area contributed by atoms with Crippen LogP contribution >= 0.6 is 0 Å². The summed E-state index contributed by atoms with van der Waals surface area (Å²) >= 11 is 0. The molecule has 184 valence electrons. The van der Waals surface area contributed by atoms with Gasteiger partial charge in [0.2, 0.25) is 26.0 Å². The van der Waals surface area contributed by atoms with Crippen LogP contribution in [0.3, 0.4) is 0 Å². The largest absolute Gasteiger partial charge is 0.325 e. The first-order chi connectivity index (χ1) is 16.7. The molecule has 35 heavy (non-hydrogen) atoms. The van der Waals surface area contributed by atoms with Crippen LogP contribution in [0.2, 0.25) is 0 Å². The SMILES string of the molecule is CCc1ccc(NC(=O)[C@@H]2CN(S(=O)(=O)c3ccccc3)CCN2S(=O)(=O)c2ccccc2)cc1.